The summed E-state index contributed by atoms with van der Waals surface area (Å²) < 4.78 is 12.0. The van der Waals surface area contributed by atoms with Gasteiger partial charge in [0.25, 0.3) is 5.91 Å². The van der Waals surface area contributed by atoms with E-state index in [0.29, 0.717) is 64.8 Å². The molecule has 198 valence electrons. The molecular weight excluding hydrogens is 502 g/mol. The number of para-hydroxylation sites is 1. The Hall–Kier alpha value is -3.38. The summed E-state index contributed by atoms with van der Waals surface area (Å²) in [6, 6.07) is 14.3. The summed E-state index contributed by atoms with van der Waals surface area (Å²) in [7, 11) is 0. The molecule has 0 saturated heterocycles. The van der Waals surface area contributed by atoms with E-state index in [9.17, 15) is 14.4 Å². The van der Waals surface area contributed by atoms with Crippen LogP contribution in [0, 0.1) is 10.8 Å². The molecule has 7 heteroatoms. The average molecular weight is 534 g/mol. The Morgan fingerprint density at radius 3 is 2.00 bits per heavy atom. The Morgan fingerprint density at radius 2 is 1.45 bits per heavy atom. The molecule has 1 heterocycles. The highest BCUT2D eigenvalue weighted by Gasteiger charge is 2.47. The number of Topliss-reactive ketones (excluding diaryl/α,β-unsaturated/α-hetero) is 2. The summed E-state index contributed by atoms with van der Waals surface area (Å²) in [5, 5.41) is 3.18. The van der Waals surface area contributed by atoms with Gasteiger partial charge in [-0.25, -0.2) is 0 Å². The van der Waals surface area contributed by atoms with E-state index in [0.717, 1.165) is 5.56 Å². The fourth-order valence-corrected chi connectivity index (χ4v) is 5.85. The van der Waals surface area contributed by atoms with Gasteiger partial charge in [0.05, 0.1) is 10.7 Å². The lowest BCUT2D eigenvalue weighted by molar-refractivity contribution is -0.120. The minimum atomic E-state index is -0.460. The van der Waals surface area contributed by atoms with Crippen molar-refractivity contribution in [2.75, 3.05) is 11.9 Å². The van der Waals surface area contributed by atoms with Gasteiger partial charge in [0.1, 0.15) is 17.3 Å². The van der Waals surface area contributed by atoms with Crippen molar-refractivity contribution in [3.8, 4) is 5.75 Å². The molecule has 0 spiro atoms. The minimum Gasteiger partial charge on any atom is -0.484 e. The van der Waals surface area contributed by atoms with E-state index in [4.69, 9.17) is 21.1 Å². The first-order chi connectivity index (χ1) is 17.9. The van der Waals surface area contributed by atoms with E-state index in [1.54, 1.807) is 36.4 Å². The van der Waals surface area contributed by atoms with Crippen LogP contribution in [0.3, 0.4) is 0 Å². The number of hydrogen-bond donors (Lipinski definition) is 1. The van der Waals surface area contributed by atoms with Crippen LogP contribution < -0.4 is 10.1 Å². The smallest absolute Gasteiger partial charge is 0.262 e. The number of allylic oxidation sites excluding steroid dienone is 4. The maximum Gasteiger partial charge on any atom is 0.262 e. The lowest BCUT2D eigenvalue weighted by Crippen LogP contribution is -2.37. The molecule has 0 atom stereocenters. The zero-order valence-electron chi connectivity index (χ0n) is 22.2. The van der Waals surface area contributed by atoms with Crippen LogP contribution in [0.5, 0.6) is 5.75 Å². The Bertz CT molecular complexity index is 1330. The van der Waals surface area contributed by atoms with Gasteiger partial charge in [0, 0.05) is 42.7 Å². The van der Waals surface area contributed by atoms with Crippen LogP contribution in [0.25, 0.3) is 0 Å². The summed E-state index contributed by atoms with van der Waals surface area (Å²) in [5.41, 5.74) is 2.16. The molecule has 0 fully saturated rings. The molecule has 0 radical (unpaired) electrons. The van der Waals surface area contributed by atoms with Gasteiger partial charge in [-0.15, -0.1) is 0 Å². The van der Waals surface area contributed by atoms with Gasteiger partial charge in [0.2, 0.25) is 0 Å². The van der Waals surface area contributed by atoms with Gasteiger partial charge in [-0.3, -0.25) is 14.4 Å². The van der Waals surface area contributed by atoms with Crippen molar-refractivity contribution in [3.05, 3.63) is 81.8 Å². The van der Waals surface area contributed by atoms with Crippen LogP contribution in [-0.2, 0) is 19.1 Å². The molecular formula is C31H32ClNO5. The van der Waals surface area contributed by atoms with Gasteiger partial charge in [-0.1, -0.05) is 63.6 Å². The van der Waals surface area contributed by atoms with E-state index in [2.05, 4.69) is 33.0 Å². The molecule has 2 aromatic carbocycles. The highest BCUT2D eigenvalue weighted by Crippen LogP contribution is 2.53. The molecule has 1 aliphatic heterocycles. The number of carbonyl (C=O) groups is 3. The van der Waals surface area contributed by atoms with Crippen molar-refractivity contribution >= 4 is 34.8 Å². The van der Waals surface area contributed by atoms with Crippen LogP contribution in [0.2, 0.25) is 5.02 Å². The van der Waals surface area contributed by atoms with Crippen molar-refractivity contribution in [2.45, 2.75) is 59.3 Å². The number of halogens is 1. The van der Waals surface area contributed by atoms with E-state index in [1.807, 2.05) is 12.1 Å². The molecule has 0 saturated carbocycles. The van der Waals surface area contributed by atoms with Gasteiger partial charge >= 0.3 is 0 Å². The Kier molecular flexibility index (Phi) is 6.72. The Labute approximate surface area is 228 Å². The summed E-state index contributed by atoms with van der Waals surface area (Å²) >= 11 is 6.11. The zero-order valence-corrected chi connectivity index (χ0v) is 22.9. The highest BCUT2D eigenvalue weighted by atomic mass is 35.5. The van der Waals surface area contributed by atoms with Crippen LogP contribution in [0.1, 0.15) is 64.9 Å². The average Bonchev–Trinajstić information content (AvgIpc) is 2.81. The summed E-state index contributed by atoms with van der Waals surface area (Å²) in [6.45, 7) is 8.09. The third-order valence-corrected chi connectivity index (χ3v) is 7.64. The van der Waals surface area contributed by atoms with Crippen LogP contribution in [0.4, 0.5) is 5.69 Å². The third kappa shape index (κ3) is 5.28. The molecule has 2 aliphatic carbocycles. The zero-order chi connectivity index (χ0) is 27.2. The maximum atomic E-state index is 13.4. The van der Waals surface area contributed by atoms with Crippen LogP contribution in [0.15, 0.2) is 71.2 Å². The topological polar surface area (TPSA) is 81.7 Å². The number of anilines is 1. The number of ether oxygens (including phenoxy) is 2. The second kappa shape index (κ2) is 9.73. The molecule has 5 rings (SSSR count). The van der Waals surface area contributed by atoms with Gasteiger partial charge in [-0.2, -0.15) is 0 Å². The standard InChI is InChI=1S/C31H32ClNO5/c1-30(2)13-22(34)28-24(15-30)38-25-16-31(3,4)14-23(35)29(25)27(28)18-9-11-19(12-10-18)37-17-26(36)33-21-8-6-5-7-20(21)32/h5-12,27H,13-17H2,1-4H3,(H,33,36). The Balaban J connectivity index is 1.40. The second-order valence-corrected chi connectivity index (χ2v) is 12.4. The van der Waals surface area contributed by atoms with Crippen molar-refractivity contribution < 1.29 is 23.9 Å². The lowest BCUT2D eigenvalue weighted by atomic mass is 9.65. The number of ketones is 2. The summed E-state index contributed by atoms with van der Waals surface area (Å²) in [5.74, 6) is 1.16. The summed E-state index contributed by atoms with van der Waals surface area (Å²) in [4.78, 5) is 39.2. The van der Waals surface area contributed by atoms with Gasteiger partial charge in [0.15, 0.2) is 18.2 Å². The lowest BCUT2D eigenvalue weighted by Gasteiger charge is -2.42. The summed E-state index contributed by atoms with van der Waals surface area (Å²) in [6.07, 6.45) is 2.13. The fraction of sp³-hybridized carbons (Fsp3) is 0.387. The van der Waals surface area contributed by atoms with Crippen molar-refractivity contribution in [3.63, 3.8) is 0 Å². The fourth-order valence-electron chi connectivity index (χ4n) is 5.66. The molecule has 1 amide bonds. The monoisotopic (exact) mass is 533 g/mol. The molecule has 0 aromatic heterocycles. The number of benzene rings is 2. The van der Waals surface area contributed by atoms with Crippen molar-refractivity contribution in [2.24, 2.45) is 10.8 Å². The second-order valence-electron chi connectivity index (χ2n) is 12.0. The number of hydrogen-bond acceptors (Lipinski definition) is 5. The van der Waals surface area contributed by atoms with Gasteiger partial charge in [-0.05, 0) is 40.7 Å². The first kappa shape index (κ1) is 26.2. The SMILES string of the molecule is CC1(C)CC(=O)C2=C(C1)OC1=C(C(=O)CC(C)(C)C1)C2c1ccc(OCC(=O)Nc2ccccc2Cl)cc1. The number of rotatable bonds is 5. The highest BCUT2D eigenvalue weighted by molar-refractivity contribution is 6.33. The Morgan fingerprint density at radius 1 is 0.895 bits per heavy atom. The number of carbonyl (C=O) groups excluding carboxylic acids is 3. The first-order valence-electron chi connectivity index (χ1n) is 12.9. The van der Waals surface area contributed by atoms with Crippen LogP contribution >= 0.6 is 11.6 Å². The molecule has 0 unspecified atom stereocenters. The van der Waals surface area contributed by atoms with E-state index < -0.39 is 5.92 Å². The number of amides is 1. The van der Waals surface area contributed by atoms with E-state index >= 15 is 0 Å². The van der Waals surface area contributed by atoms with E-state index in [1.165, 1.54) is 0 Å². The largest absolute Gasteiger partial charge is 0.484 e. The maximum absolute atomic E-state index is 13.4. The molecule has 38 heavy (non-hydrogen) atoms. The molecule has 2 aromatic rings. The van der Waals surface area contributed by atoms with Gasteiger partial charge < -0.3 is 14.8 Å². The normalized spacial score (nSPS) is 20.4. The quantitative estimate of drug-likeness (QED) is 0.459. The van der Waals surface area contributed by atoms with E-state index in [-0.39, 0.29) is 34.9 Å². The first-order valence-corrected chi connectivity index (χ1v) is 13.3. The predicted molar refractivity (Wildman–Crippen MR) is 146 cm³/mol. The molecule has 1 N–H and O–H groups in total. The third-order valence-electron chi connectivity index (χ3n) is 7.31. The van der Waals surface area contributed by atoms with Crippen molar-refractivity contribution in [1.82, 2.24) is 0 Å². The number of nitrogens with one attached hydrogen (secondary N) is 1. The molecule has 0 bridgehead atoms. The predicted octanol–water partition coefficient (Wildman–Crippen LogP) is 6.76. The molecule has 6 nitrogen and oxygen atoms in total. The molecule has 3 aliphatic rings. The van der Waals surface area contributed by atoms with Crippen LogP contribution in [-0.4, -0.2) is 24.1 Å². The minimum absolute atomic E-state index is 0.0296. The van der Waals surface area contributed by atoms with Crippen molar-refractivity contribution in [1.29, 1.82) is 0 Å².